The van der Waals surface area contributed by atoms with Crippen molar-refractivity contribution in [2.24, 2.45) is 0 Å². The van der Waals surface area contributed by atoms with Gasteiger partial charge in [0.05, 0.1) is 0 Å². The zero-order valence-corrected chi connectivity index (χ0v) is 15.9. The number of ether oxygens (including phenoxy) is 1. The average Bonchev–Trinajstić information content (AvgIpc) is 2.71. The second-order valence-corrected chi connectivity index (χ2v) is 7.77. The minimum absolute atomic E-state index is 0.196. The van der Waals surface area contributed by atoms with Gasteiger partial charge in [-0.25, -0.2) is 9.18 Å². The number of hydrogen-bond donors (Lipinski definition) is 0. The topological polar surface area (TPSA) is 42.7 Å². The predicted molar refractivity (Wildman–Crippen MR) is 105 cm³/mol. The van der Waals surface area contributed by atoms with Gasteiger partial charge in [0.2, 0.25) is 0 Å². The van der Waals surface area contributed by atoms with Crippen LogP contribution in [0.1, 0.15) is 40.7 Å². The van der Waals surface area contributed by atoms with Crippen LogP contribution in [0.25, 0.3) is 11.0 Å². The third-order valence-electron chi connectivity index (χ3n) is 5.91. The van der Waals surface area contributed by atoms with E-state index < -0.39 is 0 Å². The van der Waals surface area contributed by atoms with Crippen molar-refractivity contribution in [2.45, 2.75) is 45.7 Å². The highest BCUT2D eigenvalue weighted by atomic mass is 19.1. The zero-order chi connectivity index (χ0) is 19.3. The Hall–Kier alpha value is -2.66. The lowest BCUT2D eigenvalue weighted by atomic mass is 9.89. The first-order chi connectivity index (χ1) is 13.6. The molecule has 0 saturated carbocycles. The van der Waals surface area contributed by atoms with Crippen LogP contribution < -0.4 is 10.4 Å². The fourth-order valence-corrected chi connectivity index (χ4v) is 4.52. The van der Waals surface area contributed by atoms with Gasteiger partial charge in [-0.15, -0.1) is 0 Å². The summed E-state index contributed by atoms with van der Waals surface area (Å²) in [4.78, 5) is 14.5. The second-order valence-electron chi connectivity index (χ2n) is 7.77. The lowest BCUT2D eigenvalue weighted by Gasteiger charge is -2.31. The third kappa shape index (κ3) is 2.81. The molecule has 144 valence electrons. The molecule has 3 aromatic rings. The monoisotopic (exact) mass is 379 g/mol. The van der Waals surface area contributed by atoms with Crippen LogP contribution in [0.15, 0.2) is 39.5 Å². The Balaban J connectivity index is 1.56. The largest absolute Gasteiger partial charge is 0.477 e. The SMILES string of the molecule is Cc1c2c(cc3c4c(c(=O)oc13)CCCC4)CN(Cc1ccccc1F)CO2. The average molecular weight is 379 g/mol. The van der Waals surface area contributed by atoms with E-state index in [0.29, 0.717) is 31.0 Å². The van der Waals surface area contributed by atoms with E-state index in [4.69, 9.17) is 9.15 Å². The fraction of sp³-hybridized carbons (Fsp3) is 0.348. The standard InChI is InChI=1S/C23H22FNO3/c1-14-21-16(12-25(13-27-21)11-15-6-2-5-9-20(15)24)10-19-17-7-3-4-8-18(17)23(26)28-22(14)19/h2,5-6,9-10H,3-4,7-8,11-13H2,1H3. The molecule has 28 heavy (non-hydrogen) atoms. The van der Waals surface area contributed by atoms with Crippen LogP contribution in [0.5, 0.6) is 5.75 Å². The van der Waals surface area contributed by atoms with Crippen molar-refractivity contribution in [3.63, 3.8) is 0 Å². The molecular formula is C23H22FNO3. The van der Waals surface area contributed by atoms with Gasteiger partial charge in [-0.3, -0.25) is 4.90 Å². The minimum Gasteiger partial charge on any atom is -0.477 e. The summed E-state index contributed by atoms with van der Waals surface area (Å²) in [5, 5.41) is 1.03. The van der Waals surface area contributed by atoms with Crippen molar-refractivity contribution in [2.75, 3.05) is 6.73 Å². The first-order valence-corrected chi connectivity index (χ1v) is 9.81. The molecule has 0 atom stereocenters. The maximum atomic E-state index is 14.0. The number of hydrogen-bond acceptors (Lipinski definition) is 4. The molecule has 0 spiro atoms. The van der Waals surface area contributed by atoms with E-state index in [9.17, 15) is 9.18 Å². The van der Waals surface area contributed by atoms with Gasteiger partial charge in [0.25, 0.3) is 0 Å². The van der Waals surface area contributed by atoms with E-state index in [2.05, 4.69) is 11.0 Å². The summed E-state index contributed by atoms with van der Waals surface area (Å²) in [5.41, 5.74) is 5.01. The third-order valence-corrected chi connectivity index (χ3v) is 5.91. The lowest BCUT2D eigenvalue weighted by molar-refractivity contribution is 0.0871. The normalized spacial score (nSPS) is 16.5. The van der Waals surface area contributed by atoms with Crippen LogP contribution in [-0.4, -0.2) is 11.6 Å². The van der Waals surface area contributed by atoms with Gasteiger partial charge in [-0.2, -0.15) is 0 Å². The predicted octanol–water partition coefficient (Wildman–Crippen LogP) is 4.47. The Morgan fingerprint density at radius 2 is 1.93 bits per heavy atom. The molecule has 5 rings (SSSR count). The molecule has 5 heteroatoms. The highest BCUT2D eigenvalue weighted by Gasteiger charge is 2.26. The molecule has 1 aliphatic carbocycles. The molecule has 1 aromatic heterocycles. The Morgan fingerprint density at radius 1 is 1.14 bits per heavy atom. The van der Waals surface area contributed by atoms with Crippen LogP contribution in [0.3, 0.4) is 0 Å². The van der Waals surface area contributed by atoms with Crippen molar-refractivity contribution in [3.8, 4) is 5.75 Å². The van der Waals surface area contributed by atoms with Crippen molar-refractivity contribution < 1.29 is 13.5 Å². The molecule has 0 bridgehead atoms. The smallest absolute Gasteiger partial charge is 0.339 e. The number of benzene rings is 2. The molecule has 1 aliphatic heterocycles. The maximum absolute atomic E-state index is 14.0. The minimum atomic E-state index is -0.206. The summed E-state index contributed by atoms with van der Waals surface area (Å²) in [6.07, 6.45) is 3.83. The molecule has 0 amide bonds. The molecule has 0 unspecified atom stereocenters. The molecule has 2 heterocycles. The Kier molecular flexibility index (Phi) is 4.20. The van der Waals surface area contributed by atoms with E-state index >= 15 is 0 Å². The molecule has 2 aromatic carbocycles. The van der Waals surface area contributed by atoms with Gasteiger partial charge >= 0.3 is 5.63 Å². The van der Waals surface area contributed by atoms with Gasteiger partial charge in [0.1, 0.15) is 23.9 Å². The first-order valence-electron chi connectivity index (χ1n) is 9.81. The van der Waals surface area contributed by atoms with Gasteiger partial charge in [-0.05, 0) is 50.3 Å². The van der Waals surface area contributed by atoms with E-state index in [1.807, 2.05) is 19.1 Å². The van der Waals surface area contributed by atoms with Gasteiger partial charge in [0.15, 0.2) is 0 Å². The van der Waals surface area contributed by atoms with E-state index in [1.54, 1.807) is 6.07 Å². The molecule has 2 aliphatic rings. The van der Waals surface area contributed by atoms with Crippen LogP contribution in [0.2, 0.25) is 0 Å². The Labute approximate surface area is 162 Å². The van der Waals surface area contributed by atoms with Crippen LogP contribution in [-0.2, 0) is 25.9 Å². The van der Waals surface area contributed by atoms with Crippen molar-refractivity contribution in [1.29, 1.82) is 0 Å². The van der Waals surface area contributed by atoms with Gasteiger partial charge in [-0.1, -0.05) is 18.2 Å². The summed E-state index contributed by atoms with van der Waals surface area (Å²) >= 11 is 0. The Bertz CT molecular complexity index is 1130. The van der Waals surface area contributed by atoms with Gasteiger partial charge < -0.3 is 9.15 Å². The highest BCUT2D eigenvalue weighted by molar-refractivity contribution is 5.87. The summed E-state index contributed by atoms with van der Waals surface area (Å²) in [6.45, 7) is 3.49. The molecular weight excluding hydrogens is 357 g/mol. The number of nitrogens with zero attached hydrogens (tertiary/aromatic N) is 1. The zero-order valence-electron chi connectivity index (χ0n) is 15.9. The number of fused-ring (bicyclic) bond motifs is 4. The highest BCUT2D eigenvalue weighted by Crippen LogP contribution is 2.38. The fourth-order valence-electron chi connectivity index (χ4n) is 4.52. The van der Waals surface area contributed by atoms with E-state index in [-0.39, 0.29) is 11.4 Å². The summed E-state index contributed by atoms with van der Waals surface area (Å²) in [5.74, 6) is 0.593. The second kappa shape index (κ2) is 6.74. The molecule has 0 saturated heterocycles. The summed E-state index contributed by atoms with van der Waals surface area (Å²) in [6, 6.07) is 8.95. The number of rotatable bonds is 2. The number of aryl methyl sites for hydroxylation is 2. The Morgan fingerprint density at radius 3 is 2.75 bits per heavy atom. The first kappa shape index (κ1) is 17.4. The number of halogens is 1. The van der Waals surface area contributed by atoms with Gasteiger partial charge in [0, 0.05) is 40.7 Å². The van der Waals surface area contributed by atoms with E-state index in [1.165, 1.54) is 6.07 Å². The molecule has 0 radical (unpaired) electrons. The van der Waals surface area contributed by atoms with Crippen LogP contribution in [0, 0.1) is 12.7 Å². The summed E-state index contributed by atoms with van der Waals surface area (Å²) < 4.78 is 25.7. The van der Waals surface area contributed by atoms with Crippen LogP contribution in [0.4, 0.5) is 4.39 Å². The molecule has 0 N–H and O–H groups in total. The van der Waals surface area contributed by atoms with E-state index in [0.717, 1.165) is 59.1 Å². The van der Waals surface area contributed by atoms with Crippen molar-refractivity contribution in [3.05, 3.63) is 74.4 Å². The maximum Gasteiger partial charge on any atom is 0.339 e. The quantitative estimate of drug-likeness (QED) is 0.616. The van der Waals surface area contributed by atoms with Crippen LogP contribution >= 0.6 is 0 Å². The summed E-state index contributed by atoms with van der Waals surface area (Å²) in [7, 11) is 0. The van der Waals surface area contributed by atoms with Crippen molar-refractivity contribution >= 4 is 11.0 Å². The lowest BCUT2D eigenvalue weighted by Crippen LogP contribution is -2.32. The molecule has 0 fully saturated rings. The van der Waals surface area contributed by atoms with Crippen molar-refractivity contribution in [1.82, 2.24) is 4.90 Å². The molecule has 4 nitrogen and oxygen atoms in total.